The predicted octanol–water partition coefficient (Wildman–Crippen LogP) is 4.23. The number of hydrogen-bond acceptors (Lipinski definition) is 6. The fourth-order valence-corrected chi connectivity index (χ4v) is 3.97. The molecule has 0 bridgehead atoms. The van der Waals surface area contributed by atoms with Crippen molar-refractivity contribution in [1.82, 2.24) is 10.2 Å². The van der Waals surface area contributed by atoms with E-state index in [2.05, 4.69) is 27.6 Å². The van der Waals surface area contributed by atoms with Crippen molar-refractivity contribution in [3.63, 3.8) is 0 Å². The van der Waals surface area contributed by atoms with Crippen molar-refractivity contribution in [2.75, 3.05) is 12.4 Å². The van der Waals surface area contributed by atoms with Gasteiger partial charge in [-0.05, 0) is 17.7 Å². The molecule has 0 saturated carbocycles. The maximum Gasteiger partial charge on any atom is 0.261 e. The quantitative estimate of drug-likeness (QED) is 0.673. The third-order valence-electron chi connectivity index (χ3n) is 3.38. The van der Waals surface area contributed by atoms with E-state index in [1.807, 2.05) is 24.3 Å². The van der Waals surface area contributed by atoms with E-state index in [4.69, 9.17) is 4.74 Å². The number of anilines is 1. The minimum Gasteiger partial charge on any atom is -0.496 e. The summed E-state index contributed by atoms with van der Waals surface area (Å²) in [6.07, 6.45) is 0. The summed E-state index contributed by atoms with van der Waals surface area (Å²) in [5, 5.41) is 12.3. The number of nitrogens with one attached hydrogen (secondary N) is 1. The highest BCUT2D eigenvalue weighted by Gasteiger charge is 2.14. The van der Waals surface area contributed by atoms with Gasteiger partial charge in [-0.2, -0.15) is 0 Å². The van der Waals surface area contributed by atoms with Crippen LogP contribution in [0.3, 0.4) is 0 Å². The fourth-order valence-electron chi connectivity index (χ4n) is 2.19. The zero-order valence-electron chi connectivity index (χ0n) is 13.6. The second-order valence-corrected chi connectivity index (χ2v) is 7.18. The average molecular weight is 371 g/mol. The van der Waals surface area contributed by atoms with Crippen LogP contribution in [-0.4, -0.2) is 23.2 Å². The van der Waals surface area contributed by atoms with Gasteiger partial charge in [0.25, 0.3) is 5.91 Å². The van der Waals surface area contributed by atoms with E-state index in [-0.39, 0.29) is 5.91 Å². The minimum absolute atomic E-state index is 0.253. The molecule has 0 spiro atoms. The van der Waals surface area contributed by atoms with Crippen LogP contribution < -0.4 is 10.1 Å². The molecule has 0 aliphatic heterocycles. The number of aromatic nitrogens is 2. The van der Waals surface area contributed by atoms with Crippen molar-refractivity contribution < 1.29 is 9.53 Å². The van der Waals surface area contributed by atoms with Crippen LogP contribution in [-0.2, 0) is 11.5 Å². The summed E-state index contributed by atoms with van der Waals surface area (Å²) in [6.45, 7) is 0. The second kappa shape index (κ2) is 8.64. The maximum atomic E-state index is 12.3. The summed E-state index contributed by atoms with van der Waals surface area (Å²) in [5.41, 5.74) is 1.75. The van der Waals surface area contributed by atoms with Crippen LogP contribution in [0.15, 0.2) is 54.6 Å². The number of carbonyl (C=O) groups is 1. The molecule has 1 amide bonds. The van der Waals surface area contributed by atoms with Crippen LogP contribution in [0.2, 0.25) is 0 Å². The molecular formula is C18H17N3O2S2. The molecule has 0 unspecified atom stereocenters. The van der Waals surface area contributed by atoms with Crippen LogP contribution in [0.25, 0.3) is 0 Å². The maximum absolute atomic E-state index is 12.3. The Morgan fingerprint density at radius 2 is 1.84 bits per heavy atom. The lowest BCUT2D eigenvalue weighted by Gasteiger charge is -2.06. The molecule has 0 saturated heterocycles. The Hall–Kier alpha value is -2.38. The summed E-state index contributed by atoms with van der Waals surface area (Å²) in [5.74, 6) is 1.96. The van der Waals surface area contributed by atoms with Crippen molar-refractivity contribution in [1.29, 1.82) is 0 Å². The number of methoxy groups -OCH3 is 1. The fraction of sp³-hybridized carbons (Fsp3) is 0.167. The summed E-state index contributed by atoms with van der Waals surface area (Å²) >= 11 is 3.16. The number of carbonyl (C=O) groups excluding carboxylic acids is 1. The molecule has 0 aliphatic rings. The zero-order valence-corrected chi connectivity index (χ0v) is 15.3. The van der Waals surface area contributed by atoms with Gasteiger partial charge in [0.2, 0.25) is 5.13 Å². The molecule has 128 valence electrons. The van der Waals surface area contributed by atoms with E-state index in [0.717, 1.165) is 16.5 Å². The summed E-state index contributed by atoms with van der Waals surface area (Å²) in [4.78, 5) is 12.3. The number of nitrogens with zero attached hydrogens (tertiary/aromatic N) is 2. The van der Waals surface area contributed by atoms with Gasteiger partial charge in [-0.3, -0.25) is 10.1 Å². The van der Waals surface area contributed by atoms with Gasteiger partial charge in [-0.15, -0.1) is 22.0 Å². The number of amides is 1. The summed E-state index contributed by atoms with van der Waals surface area (Å²) in [7, 11) is 1.54. The highest BCUT2D eigenvalue weighted by molar-refractivity contribution is 7.97. The molecule has 3 aromatic rings. The lowest BCUT2D eigenvalue weighted by atomic mass is 10.2. The van der Waals surface area contributed by atoms with Gasteiger partial charge in [-0.25, -0.2) is 0 Å². The number of para-hydroxylation sites is 1. The number of thioether (sulfide) groups is 1. The topological polar surface area (TPSA) is 64.1 Å². The molecule has 1 N–H and O–H groups in total. The predicted molar refractivity (Wildman–Crippen MR) is 102 cm³/mol. The summed E-state index contributed by atoms with van der Waals surface area (Å²) in [6, 6.07) is 17.4. The van der Waals surface area contributed by atoms with E-state index in [9.17, 15) is 4.79 Å². The van der Waals surface area contributed by atoms with Gasteiger partial charge in [0, 0.05) is 11.5 Å². The van der Waals surface area contributed by atoms with Gasteiger partial charge in [0.1, 0.15) is 10.8 Å². The first-order chi connectivity index (χ1) is 12.3. The molecule has 25 heavy (non-hydrogen) atoms. The van der Waals surface area contributed by atoms with E-state index >= 15 is 0 Å². The first-order valence-corrected chi connectivity index (χ1v) is 9.62. The van der Waals surface area contributed by atoms with Crippen molar-refractivity contribution in [2.45, 2.75) is 11.5 Å². The van der Waals surface area contributed by atoms with Crippen molar-refractivity contribution in [2.24, 2.45) is 0 Å². The summed E-state index contributed by atoms with van der Waals surface area (Å²) < 4.78 is 5.21. The molecule has 0 atom stereocenters. The second-order valence-electron chi connectivity index (χ2n) is 5.13. The van der Waals surface area contributed by atoms with E-state index in [0.29, 0.717) is 16.4 Å². The number of rotatable bonds is 7. The first-order valence-electron chi connectivity index (χ1n) is 7.64. The van der Waals surface area contributed by atoms with Crippen molar-refractivity contribution >= 4 is 34.1 Å². The highest BCUT2D eigenvalue weighted by Crippen LogP contribution is 2.24. The van der Waals surface area contributed by atoms with Crippen molar-refractivity contribution in [3.8, 4) is 5.75 Å². The Bertz CT molecular complexity index is 837. The molecule has 3 rings (SSSR count). The van der Waals surface area contributed by atoms with E-state index in [1.54, 1.807) is 37.1 Å². The van der Waals surface area contributed by atoms with Gasteiger partial charge < -0.3 is 4.74 Å². The Balaban J connectivity index is 1.55. The molecule has 0 radical (unpaired) electrons. The van der Waals surface area contributed by atoms with Crippen molar-refractivity contribution in [3.05, 3.63) is 70.7 Å². The molecular weight excluding hydrogens is 354 g/mol. The zero-order chi connectivity index (χ0) is 17.5. The molecule has 5 nitrogen and oxygen atoms in total. The monoisotopic (exact) mass is 371 g/mol. The molecule has 0 fully saturated rings. The molecule has 1 aromatic heterocycles. The van der Waals surface area contributed by atoms with Gasteiger partial charge in [0.05, 0.1) is 12.7 Å². The molecule has 1 heterocycles. The Kier molecular flexibility index (Phi) is 6.03. The Labute approximate surface area is 154 Å². The lowest BCUT2D eigenvalue weighted by molar-refractivity contribution is 0.102. The van der Waals surface area contributed by atoms with Crippen LogP contribution >= 0.6 is 23.1 Å². The Morgan fingerprint density at radius 3 is 2.64 bits per heavy atom. The van der Waals surface area contributed by atoms with Gasteiger partial charge >= 0.3 is 0 Å². The van der Waals surface area contributed by atoms with Gasteiger partial charge in [0.15, 0.2) is 0 Å². The first kappa shape index (κ1) is 17.4. The molecule has 0 aliphatic carbocycles. The van der Waals surface area contributed by atoms with Crippen LogP contribution in [0.1, 0.15) is 20.9 Å². The highest BCUT2D eigenvalue weighted by atomic mass is 32.2. The standard InChI is InChI=1S/C18H17N3O2S2/c1-23-15-10-6-5-9-14(15)17(22)19-18-21-20-16(25-18)12-24-11-13-7-3-2-4-8-13/h2-10H,11-12H2,1H3,(H,19,21,22). The third kappa shape index (κ3) is 4.80. The number of benzene rings is 2. The van der Waals surface area contributed by atoms with E-state index in [1.165, 1.54) is 16.9 Å². The van der Waals surface area contributed by atoms with Gasteiger partial charge in [-0.1, -0.05) is 53.8 Å². The van der Waals surface area contributed by atoms with Crippen LogP contribution in [0.4, 0.5) is 5.13 Å². The average Bonchev–Trinajstić information content (AvgIpc) is 3.09. The van der Waals surface area contributed by atoms with Crippen LogP contribution in [0.5, 0.6) is 5.75 Å². The number of ether oxygens (including phenoxy) is 1. The molecule has 2 aromatic carbocycles. The van der Waals surface area contributed by atoms with E-state index < -0.39 is 0 Å². The lowest BCUT2D eigenvalue weighted by Crippen LogP contribution is -2.12. The normalized spacial score (nSPS) is 10.4. The number of hydrogen-bond donors (Lipinski definition) is 1. The smallest absolute Gasteiger partial charge is 0.261 e. The minimum atomic E-state index is -0.253. The third-order valence-corrected chi connectivity index (χ3v) is 5.41. The SMILES string of the molecule is COc1ccccc1C(=O)Nc1nnc(CSCc2ccccc2)s1. The largest absolute Gasteiger partial charge is 0.496 e. The van der Waals surface area contributed by atoms with Crippen LogP contribution in [0, 0.1) is 0 Å². The molecule has 7 heteroatoms. The Morgan fingerprint density at radius 1 is 1.08 bits per heavy atom.